The lowest BCUT2D eigenvalue weighted by Gasteiger charge is -2.13. The molecule has 0 saturated heterocycles. The molecule has 126 valence electrons. The molecular weight excluding hydrogens is 337 g/mol. The highest BCUT2D eigenvalue weighted by atomic mass is 35.5. The predicted octanol–water partition coefficient (Wildman–Crippen LogP) is 2.13. The van der Waals surface area contributed by atoms with Crippen LogP contribution in [0.25, 0.3) is 0 Å². The van der Waals surface area contributed by atoms with Crippen molar-refractivity contribution in [3.8, 4) is 0 Å². The normalized spacial score (nSPS) is 10.4. The molecule has 0 saturated carbocycles. The van der Waals surface area contributed by atoms with Crippen LogP contribution in [0, 0.1) is 5.82 Å². The zero-order valence-electron chi connectivity index (χ0n) is 13.3. The maximum Gasteiger partial charge on any atom is 0.274 e. The molecule has 0 unspecified atom stereocenters. The standard InChI is InChI=1S/C16H15ClFN3O3/c1-20(2)15(23)9-7-12(16(24)21(3)8-9)19-14(22)13-10(17)5-4-6-11(13)18/h4-8H,1-3H3,(H,19,22). The van der Waals surface area contributed by atoms with Crippen LogP contribution in [0.3, 0.4) is 0 Å². The molecule has 0 aliphatic heterocycles. The molecule has 0 aliphatic rings. The number of carbonyl (C=O) groups is 2. The molecule has 2 rings (SSSR count). The summed E-state index contributed by atoms with van der Waals surface area (Å²) in [7, 11) is 4.57. The van der Waals surface area contributed by atoms with E-state index in [9.17, 15) is 18.8 Å². The fourth-order valence-corrected chi connectivity index (χ4v) is 2.32. The largest absolute Gasteiger partial charge is 0.345 e. The Kier molecular flexibility index (Phi) is 5.04. The van der Waals surface area contributed by atoms with Gasteiger partial charge in [0.15, 0.2) is 0 Å². The van der Waals surface area contributed by atoms with Crippen LogP contribution in [0.15, 0.2) is 35.3 Å². The summed E-state index contributed by atoms with van der Waals surface area (Å²) in [6.45, 7) is 0. The number of nitrogens with one attached hydrogen (secondary N) is 1. The van der Waals surface area contributed by atoms with Gasteiger partial charge in [-0.1, -0.05) is 17.7 Å². The minimum absolute atomic E-state index is 0.0788. The van der Waals surface area contributed by atoms with Crippen molar-refractivity contribution in [1.82, 2.24) is 9.47 Å². The summed E-state index contributed by atoms with van der Waals surface area (Å²) in [5, 5.41) is 2.24. The first-order valence-corrected chi connectivity index (χ1v) is 7.28. The van der Waals surface area contributed by atoms with Crippen LogP contribution in [0.2, 0.25) is 5.02 Å². The maximum atomic E-state index is 13.8. The Morgan fingerprint density at radius 3 is 2.54 bits per heavy atom. The van der Waals surface area contributed by atoms with Gasteiger partial charge in [0.05, 0.1) is 16.1 Å². The van der Waals surface area contributed by atoms with Gasteiger partial charge in [0, 0.05) is 27.3 Å². The molecule has 0 spiro atoms. The third-order valence-electron chi connectivity index (χ3n) is 3.27. The van der Waals surface area contributed by atoms with Crippen LogP contribution in [-0.2, 0) is 7.05 Å². The number of nitrogens with zero attached hydrogens (tertiary/aromatic N) is 2. The summed E-state index contributed by atoms with van der Waals surface area (Å²) in [6.07, 6.45) is 1.36. The summed E-state index contributed by atoms with van der Waals surface area (Å²) in [5.41, 5.74) is -0.844. The fourth-order valence-electron chi connectivity index (χ4n) is 2.08. The lowest BCUT2D eigenvalue weighted by atomic mass is 10.2. The monoisotopic (exact) mass is 351 g/mol. The fraction of sp³-hybridized carbons (Fsp3) is 0.188. The van der Waals surface area contributed by atoms with E-state index in [0.717, 1.165) is 10.6 Å². The van der Waals surface area contributed by atoms with Gasteiger partial charge in [-0.15, -0.1) is 0 Å². The van der Waals surface area contributed by atoms with Crippen LogP contribution < -0.4 is 10.9 Å². The van der Waals surface area contributed by atoms with Gasteiger partial charge < -0.3 is 14.8 Å². The molecule has 1 heterocycles. The molecule has 0 aliphatic carbocycles. The number of hydrogen-bond acceptors (Lipinski definition) is 3. The second-order valence-electron chi connectivity index (χ2n) is 5.31. The molecule has 0 atom stereocenters. The number of aryl methyl sites for hydroxylation is 1. The number of carbonyl (C=O) groups excluding carboxylic acids is 2. The first-order valence-electron chi connectivity index (χ1n) is 6.90. The zero-order chi connectivity index (χ0) is 18.0. The topological polar surface area (TPSA) is 71.4 Å². The first kappa shape index (κ1) is 17.7. The Balaban J connectivity index is 2.44. The maximum absolute atomic E-state index is 13.8. The highest BCUT2D eigenvalue weighted by molar-refractivity contribution is 6.34. The van der Waals surface area contributed by atoms with E-state index in [1.165, 1.54) is 36.3 Å². The van der Waals surface area contributed by atoms with Crippen LogP contribution in [0.4, 0.5) is 10.1 Å². The summed E-state index contributed by atoms with van der Waals surface area (Å²) in [6, 6.07) is 5.07. The SMILES string of the molecule is CN(C)C(=O)c1cc(NC(=O)c2c(F)cccc2Cl)c(=O)n(C)c1. The van der Waals surface area contributed by atoms with Crippen molar-refractivity contribution in [1.29, 1.82) is 0 Å². The smallest absolute Gasteiger partial charge is 0.274 e. The Labute approximate surface area is 142 Å². The minimum Gasteiger partial charge on any atom is -0.345 e. The quantitative estimate of drug-likeness (QED) is 0.920. The van der Waals surface area contributed by atoms with Gasteiger partial charge in [-0.2, -0.15) is 0 Å². The minimum atomic E-state index is -0.871. The summed E-state index contributed by atoms with van der Waals surface area (Å²) in [5.74, 6) is -2.02. The molecule has 1 aromatic heterocycles. The van der Waals surface area contributed by atoms with Crippen LogP contribution >= 0.6 is 11.6 Å². The molecule has 2 amide bonds. The van der Waals surface area contributed by atoms with Crippen molar-refractivity contribution in [2.75, 3.05) is 19.4 Å². The van der Waals surface area contributed by atoms with Crippen molar-refractivity contribution in [2.24, 2.45) is 7.05 Å². The molecular formula is C16H15ClFN3O3. The second kappa shape index (κ2) is 6.84. The number of halogens is 2. The first-order chi connectivity index (χ1) is 11.2. The summed E-state index contributed by atoms with van der Waals surface area (Å²) < 4.78 is 15.0. The van der Waals surface area contributed by atoms with E-state index in [1.54, 1.807) is 14.1 Å². The van der Waals surface area contributed by atoms with E-state index in [4.69, 9.17) is 11.6 Å². The average molecular weight is 352 g/mol. The number of pyridine rings is 1. The molecule has 6 nitrogen and oxygen atoms in total. The van der Waals surface area contributed by atoms with E-state index in [0.29, 0.717) is 0 Å². The lowest BCUT2D eigenvalue weighted by molar-refractivity contribution is 0.0826. The third-order valence-corrected chi connectivity index (χ3v) is 3.59. The van der Waals surface area contributed by atoms with Gasteiger partial charge in [0.2, 0.25) is 0 Å². The Hall–Kier alpha value is -2.67. The van der Waals surface area contributed by atoms with Crippen molar-refractivity contribution in [3.05, 3.63) is 62.8 Å². The highest BCUT2D eigenvalue weighted by Gasteiger charge is 2.19. The van der Waals surface area contributed by atoms with Crippen molar-refractivity contribution >= 4 is 29.1 Å². The average Bonchev–Trinajstić information content (AvgIpc) is 2.50. The molecule has 1 aromatic carbocycles. The van der Waals surface area contributed by atoms with Gasteiger partial charge in [-0.25, -0.2) is 4.39 Å². The van der Waals surface area contributed by atoms with Gasteiger partial charge in [-0.3, -0.25) is 14.4 Å². The molecule has 0 bridgehead atoms. The van der Waals surface area contributed by atoms with E-state index in [2.05, 4.69) is 5.32 Å². The summed E-state index contributed by atoms with van der Waals surface area (Å²) >= 11 is 5.84. The highest BCUT2D eigenvalue weighted by Crippen LogP contribution is 2.20. The number of benzene rings is 1. The molecule has 8 heteroatoms. The van der Waals surface area contributed by atoms with Gasteiger partial charge in [0.25, 0.3) is 17.4 Å². The lowest BCUT2D eigenvalue weighted by Crippen LogP contribution is -2.28. The van der Waals surface area contributed by atoms with Crippen molar-refractivity contribution in [3.63, 3.8) is 0 Å². The Morgan fingerprint density at radius 1 is 1.29 bits per heavy atom. The predicted molar refractivity (Wildman–Crippen MR) is 89.1 cm³/mol. The Morgan fingerprint density at radius 2 is 1.96 bits per heavy atom. The van der Waals surface area contributed by atoms with Crippen molar-refractivity contribution < 1.29 is 14.0 Å². The van der Waals surface area contributed by atoms with Gasteiger partial charge in [0.1, 0.15) is 11.5 Å². The Bertz CT molecular complexity index is 857. The number of hydrogen-bond donors (Lipinski definition) is 1. The molecule has 1 N–H and O–H groups in total. The van der Waals surface area contributed by atoms with Crippen molar-refractivity contribution in [2.45, 2.75) is 0 Å². The van der Waals surface area contributed by atoms with E-state index < -0.39 is 17.3 Å². The number of aromatic nitrogens is 1. The summed E-state index contributed by atoms with van der Waals surface area (Å²) in [4.78, 5) is 37.8. The number of amides is 2. The molecule has 24 heavy (non-hydrogen) atoms. The van der Waals surface area contributed by atoms with Gasteiger partial charge >= 0.3 is 0 Å². The zero-order valence-corrected chi connectivity index (χ0v) is 14.0. The second-order valence-corrected chi connectivity index (χ2v) is 5.72. The molecule has 0 radical (unpaired) electrons. The third kappa shape index (κ3) is 3.46. The van der Waals surface area contributed by atoms with E-state index in [-0.39, 0.29) is 27.7 Å². The molecule has 0 fully saturated rings. The van der Waals surface area contributed by atoms with Crippen LogP contribution in [0.1, 0.15) is 20.7 Å². The number of anilines is 1. The van der Waals surface area contributed by atoms with Crippen LogP contribution in [-0.4, -0.2) is 35.4 Å². The van der Waals surface area contributed by atoms with E-state index in [1.807, 2.05) is 0 Å². The van der Waals surface area contributed by atoms with E-state index >= 15 is 0 Å². The number of rotatable bonds is 3. The van der Waals surface area contributed by atoms with Gasteiger partial charge in [-0.05, 0) is 18.2 Å². The molecule has 2 aromatic rings. The van der Waals surface area contributed by atoms with Crippen LogP contribution in [0.5, 0.6) is 0 Å².